The molecular formula is C12H14N3+. The molecule has 0 amide bonds. The minimum Gasteiger partial charge on any atom is -0.397 e. The zero-order chi connectivity index (χ0) is 10.8. The summed E-state index contributed by atoms with van der Waals surface area (Å²) in [4.78, 5) is 0. The van der Waals surface area contributed by atoms with Crippen LogP contribution in [0.15, 0.2) is 42.7 Å². The van der Waals surface area contributed by atoms with Crippen molar-refractivity contribution in [3.63, 3.8) is 0 Å². The van der Waals surface area contributed by atoms with Crippen molar-refractivity contribution in [2.75, 3.05) is 11.5 Å². The largest absolute Gasteiger partial charge is 0.397 e. The smallest absolute Gasteiger partial charge is 0.210 e. The third kappa shape index (κ3) is 1.91. The number of hydrogen-bond donors (Lipinski definition) is 2. The first-order valence-corrected chi connectivity index (χ1v) is 4.80. The average molecular weight is 200 g/mol. The molecule has 0 spiro atoms. The molecule has 2 aromatic rings. The summed E-state index contributed by atoms with van der Waals surface area (Å²) in [5.74, 6) is 0. The molecule has 3 nitrogen and oxygen atoms in total. The number of aryl methyl sites for hydroxylation is 1. The Balaban J connectivity index is 2.45. The lowest BCUT2D eigenvalue weighted by Gasteiger charge is -1.99. The van der Waals surface area contributed by atoms with Gasteiger partial charge in [0.15, 0.2) is 12.4 Å². The van der Waals surface area contributed by atoms with Crippen molar-refractivity contribution in [2.45, 2.75) is 6.92 Å². The van der Waals surface area contributed by atoms with Crippen molar-refractivity contribution >= 4 is 11.4 Å². The minimum absolute atomic E-state index is 0.595. The second-order valence-corrected chi connectivity index (χ2v) is 3.60. The Morgan fingerprint density at radius 2 is 1.60 bits per heavy atom. The molecule has 1 aromatic heterocycles. The number of hydrogen-bond acceptors (Lipinski definition) is 2. The highest BCUT2D eigenvalue weighted by Gasteiger charge is 2.07. The number of benzene rings is 1. The first-order valence-electron chi connectivity index (χ1n) is 4.80. The van der Waals surface area contributed by atoms with Crippen molar-refractivity contribution in [3.8, 4) is 5.69 Å². The van der Waals surface area contributed by atoms with Gasteiger partial charge in [0.25, 0.3) is 0 Å². The molecule has 0 aliphatic rings. The molecule has 15 heavy (non-hydrogen) atoms. The van der Waals surface area contributed by atoms with Crippen molar-refractivity contribution in [1.29, 1.82) is 0 Å². The van der Waals surface area contributed by atoms with E-state index in [4.69, 9.17) is 11.5 Å². The Bertz CT molecular complexity index is 475. The predicted molar refractivity (Wildman–Crippen MR) is 61.5 cm³/mol. The van der Waals surface area contributed by atoms with Gasteiger partial charge in [-0.15, -0.1) is 0 Å². The quantitative estimate of drug-likeness (QED) is 0.684. The molecule has 0 saturated heterocycles. The molecule has 0 saturated carbocycles. The number of nitrogens with zero attached hydrogens (tertiary/aromatic N) is 1. The predicted octanol–water partition coefficient (Wildman–Crippen LogP) is 1.44. The fraction of sp³-hybridized carbons (Fsp3) is 0.0833. The van der Waals surface area contributed by atoms with Gasteiger partial charge in [-0.05, 0) is 6.92 Å². The molecule has 0 aliphatic heterocycles. The van der Waals surface area contributed by atoms with Gasteiger partial charge >= 0.3 is 0 Å². The third-order valence-electron chi connectivity index (χ3n) is 2.36. The summed E-state index contributed by atoms with van der Waals surface area (Å²) in [5.41, 5.74) is 14.9. The average Bonchev–Trinajstić information content (AvgIpc) is 2.23. The standard InChI is InChI=1S/C12H13N3/c1-9-2-4-10(5-3-9)15-7-6-11(13)12(14)8-15/h2-8,13H,14H2,1H3/p+1. The maximum atomic E-state index is 5.74. The van der Waals surface area contributed by atoms with Crippen LogP contribution in [0.5, 0.6) is 0 Å². The Kier molecular flexibility index (Phi) is 2.29. The summed E-state index contributed by atoms with van der Waals surface area (Å²) < 4.78 is 1.95. The third-order valence-corrected chi connectivity index (χ3v) is 2.36. The normalized spacial score (nSPS) is 10.2. The molecule has 4 N–H and O–H groups in total. The van der Waals surface area contributed by atoms with Crippen LogP contribution >= 0.6 is 0 Å². The van der Waals surface area contributed by atoms with Crippen LogP contribution in [-0.2, 0) is 0 Å². The van der Waals surface area contributed by atoms with Crippen LogP contribution in [0.25, 0.3) is 5.69 Å². The lowest BCUT2D eigenvalue weighted by molar-refractivity contribution is -0.594. The number of aromatic nitrogens is 1. The Morgan fingerprint density at radius 1 is 0.933 bits per heavy atom. The molecule has 0 atom stereocenters. The van der Waals surface area contributed by atoms with Crippen molar-refractivity contribution in [3.05, 3.63) is 48.3 Å². The van der Waals surface area contributed by atoms with Crippen LogP contribution in [0.2, 0.25) is 0 Å². The minimum atomic E-state index is 0.595. The zero-order valence-corrected chi connectivity index (χ0v) is 8.64. The summed E-state index contributed by atoms with van der Waals surface area (Å²) in [6.45, 7) is 2.06. The van der Waals surface area contributed by atoms with Gasteiger partial charge in [0.1, 0.15) is 5.69 Å². The van der Waals surface area contributed by atoms with Crippen LogP contribution in [0.1, 0.15) is 5.56 Å². The van der Waals surface area contributed by atoms with Gasteiger partial charge < -0.3 is 11.5 Å². The second kappa shape index (κ2) is 3.61. The molecule has 0 unspecified atom stereocenters. The Hall–Kier alpha value is -2.03. The van der Waals surface area contributed by atoms with Crippen molar-refractivity contribution in [1.82, 2.24) is 0 Å². The molecule has 76 valence electrons. The molecule has 0 fully saturated rings. The van der Waals surface area contributed by atoms with Crippen LogP contribution in [-0.4, -0.2) is 0 Å². The van der Waals surface area contributed by atoms with Gasteiger partial charge in [0, 0.05) is 18.2 Å². The van der Waals surface area contributed by atoms with Crippen molar-refractivity contribution < 1.29 is 4.57 Å². The van der Waals surface area contributed by atoms with E-state index in [1.54, 1.807) is 6.07 Å². The first-order chi connectivity index (χ1) is 7.16. The van der Waals surface area contributed by atoms with Crippen LogP contribution in [0.3, 0.4) is 0 Å². The van der Waals surface area contributed by atoms with E-state index in [2.05, 4.69) is 19.1 Å². The number of nitrogen functional groups attached to an aromatic ring is 2. The summed E-state index contributed by atoms with van der Waals surface area (Å²) >= 11 is 0. The van der Waals surface area contributed by atoms with Crippen molar-refractivity contribution in [2.24, 2.45) is 0 Å². The molecule has 2 rings (SSSR count). The Labute approximate surface area is 89.0 Å². The van der Waals surface area contributed by atoms with Gasteiger partial charge in [0.2, 0.25) is 5.69 Å². The van der Waals surface area contributed by atoms with E-state index in [0.29, 0.717) is 11.4 Å². The van der Waals surface area contributed by atoms with E-state index in [1.807, 2.05) is 29.1 Å². The zero-order valence-electron chi connectivity index (χ0n) is 8.64. The highest BCUT2D eigenvalue weighted by Crippen LogP contribution is 2.10. The first kappa shape index (κ1) is 9.52. The fourth-order valence-corrected chi connectivity index (χ4v) is 1.40. The number of pyridine rings is 1. The van der Waals surface area contributed by atoms with E-state index in [1.165, 1.54) is 5.56 Å². The van der Waals surface area contributed by atoms with Crippen LogP contribution < -0.4 is 16.0 Å². The van der Waals surface area contributed by atoms with E-state index < -0.39 is 0 Å². The summed E-state index contributed by atoms with van der Waals surface area (Å²) in [6.07, 6.45) is 3.72. The highest BCUT2D eigenvalue weighted by atomic mass is 15.0. The maximum absolute atomic E-state index is 5.74. The fourth-order valence-electron chi connectivity index (χ4n) is 1.40. The maximum Gasteiger partial charge on any atom is 0.210 e. The Morgan fingerprint density at radius 3 is 2.20 bits per heavy atom. The monoisotopic (exact) mass is 200 g/mol. The topological polar surface area (TPSA) is 55.9 Å². The SMILES string of the molecule is Cc1ccc(-[n+]2ccc(N)c(N)c2)cc1. The molecule has 0 bridgehead atoms. The van der Waals surface area contributed by atoms with Gasteiger partial charge in [-0.1, -0.05) is 17.7 Å². The summed E-state index contributed by atoms with van der Waals surface area (Å²) in [7, 11) is 0. The molecule has 0 radical (unpaired) electrons. The van der Waals surface area contributed by atoms with E-state index in [9.17, 15) is 0 Å². The molecule has 3 heteroatoms. The van der Waals surface area contributed by atoms with Gasteiger partial charge in [0.05, 0.1) is 5.69 Å². The number of anilines is 2. The van der Waals surface area contributed by atoms with Gasteiger partial charge in [-0.3, -0.25) is 0 Å². The van der Waals surface area contributed by atoms with Gasteiger partial charge in [-0.2, -0.15) is 4.57 Å². The number of rotatable bonds is 1. The highest BCUT2D eigenvalue weighted by molar-refractivity contribution is 5.59. The molecule has 1 heterocycles. The summed E-state index contributed by atoms with van der Waals surface area (Å²) in [6, 6.07) is 10.0. The van der Waals surface area contributed by atoms with E-state index in [0.717, 1.165) is 5.69 Å². The van der Waals surface area contributed by atoms with Crippen LogP contribution in [0, 0.1) is 6.92 Å². The molecule has 0 aliphatic carbocycles. The lowest BCUT2D eigenvalue weighted by Crippen LogP contribution is -2.30. The summed E-state index contributed by atoms with van der Waals surface area (Å²) in [5, 5.41) is 0. The van der Waals surface area contributed by atoms with E-state index >= 15 is 0 Å². The molecular weight excluding hydrogens is 186 g/mol. The van der Waals surface area contributed by atoms with Gasteiger partial charge in [-0.25, -0.2) is 0 Å². The number of nitrogens with two attached hydrogens (primary N) is 2. The van der Waals surface area contributed by atoms with Crippen LogP contribution in [0.4, 0.5) is 11.4 Å². The second-order valence-electron chi connectivity index (χ2n) is 3.60. The van der Waals surface area contributed by atoms with E-state index in [-0.39, 0.29) is 0 Å². The lowest BCUT2D eigenvalue weighted by atomic mass is 10.2. The molecule has 1 aromatic carbocycles.